The number of fused-ring (bicyclic) bond motifs is 1. The summed E-state index contributed by atoms with van der Waals surface area (Å²) in [5.41, 5.74) is -2.16. The quantitative estimate of drug-likeness (QED) is 0.345. The lowest BCUT2D eigenvalue weighted by Crippen LogP contribution is -2.54. The maximum atomic E-state index is 14.9. The van der Waals surface area contributed by atoms with E-state index in [2.05, 4.69) is 21.8 Å². The van der Waals surface area contributed by atoms with Crippen molar-refractivity contribution < 1.29 is 32.2 Å². The summed E-state index contributed by atoms with van der Waals surface area (Å²) in [6.07, 6.45) is 2.21. The Morgan fingerprint density at radius 1 is 1.00 bits per heavy atom. The van der Waals surface area contributed by atoms with Gasteiger partial charge in [0.1, 0.15) is 10.6 Å². The van der Waals surface area contributed by atoms with Crippen LogP contribution in [0.1, 0.15) is 30.9 Å². The van der Waals surface area contributed by atoms with Crippen molar-refractivity contribution in [3.8, 4) is 11.6 Å². The van der Waals surface area contributed by atoms with E-state index in [-0.39, 0.29) is 45.0 Å². The van der Waals surface area contributed by atoms with E-state index < -0.39 is 27.6 Å². The summed E-state index contributed by atoms with van der Waals surface area (Å²) in [4.78, 5) is 39.5. The van der Waals surface area contributed by atoms with Crippen molar-refractivity contribution in [2.24, 2.45) is 0 Å². The van der Waals surface area contributed by atoms with Crippen LogP contribution < -0.4 is 13.8 Å². The summed E-state index contributed by atoms with van der Waals surface area (Å²) < 4.78 is 46.9. The number of carbonyl (C=O) groups is 2. The maximum absolute atomic E-state index is 14.9. The Labute approximate surface area is 279 Å². The summed E-state index contributed by atoms with van der Waals surface area (Å²) in [5.74, 6) is -0.965. The number of likely N-dealkylation sites (N-methyl/N-ethyl adjacent to an activating group) is 1. The minimum atomic E-state index is -4.60. The molecular weight excluding hydrogens is 646 g/mol. The van der Waals surface area contributed by atoms with E-state index in [1.165, 1.54) is 49.7 Å². The van der Waals surface area contributed by atoms with E-state index in [0.29, 0.717) is 23.4 Å². The second-order valence-electron chi connectivity index (χ2n) is 11.8. The molecule has 3 aromatic rings. The second kappa shape index (κ2) is 13.3. The Hall–Kier alpha value is -3.91. The summed E-state index contributed by atoms with van der Waals surface area (Å²) >= 11 is 6.49. The van der Waals surface area contributed by atoms with Crippen LogP contribution >= 0.6 is 11.6 Å². The predicted octanol–water partition coefficient (Wildman–Crippen LogP) is 3.97. The van der Waals surface area contributed by atoms with E-state index in [1.54, 1.807) is 30.0 Å². The first kappa shape index (κ1) is 33.0. The van der Waals surface area contributed by atoms with Crippen LogP contribution in [0.2, 0.25) is 5.02 Å². The van der Waals surface area contributed by atoms with Gasteiger partial charge in [0.05, 0.1) is 25.0 Å². The predicted molar refractivity (Wildman–Crippen MR) is 175 cm³/mol. The molecular formula is C33H38ClN5O7S. The number of piperidine rings is 1. The van der Waals surface area contributed by atoms with Gasteiger partial charge in [-0.3, -0.25) is 9.69 Å². The molecule has 1 atom stereocenters. The van der Waals surface area contributed by atoms with E-state index in [9.17, 15) is 18.0 Å². The number of likely N-dealkylation sites (tertiary alicyclic amines) is 1. The molecule has 12 nitrogen and oxygen atoms in total. The summed E-state index contributed by atoms with van der Waals surface area (Å²) in [6, 6.07) is 13.8. The topological polar surface area (TPSA) is 122 Å². The first-order chi connectivity index (χ1) is 22.6. The van der Waals surface area contributed by atoms with Gasteiger partial charge in [-0.2, -0.15) is 4.31 Å². The third kappa shape index (κ3) is 5.90. The van der Waals surface area contributed by atoms with Crippen LogP contribution in [0.4, 0.5) is 10.5 Å². The van der Waals surface area contributed by atoms with Crippen molar-refractivity contribution >= 4 is 39.3 Å². The molecule has 0 N–H and O–H groups in total. The SMILES string of the molecule is CCOc1ncccc1C1(OC(=O)N2CCC(N3CCN(C)CC3)CC2)C(=O)N(S(=O)(=O)c2ccccc2OC)c2ccc(Cl)cc21. The molecule has 1 unspecified atom stereocenters. The summed E-state index contributed by atoms with van der Waals surface area (Å²) in [7, 11) is -1.15. The van der Waals surface area contributed by atoms with Gasteiger partial charge in [-0.05, 0) is 69.3 Å². The van der Waals surface area contributed by atoms with Crippen molar-refractivity contribution in [1.82, 2.24) is 19.7 Å². The molecule has 250 valence electrons. The van der Waals surface area contributed by atoms with Gasteiger partial charge in [-0.1, -0.05) is 23.7 Å². The van der Waals surface area contributed by atoms with Crippen LogP contribution in [0.15, 0.2) is 65.7 Å². The molecule has 1 aromatic heterocycles. The normalized spacial score (nSPS) is 21.1. The number of methoxy groups -OCH3 is 1. The van der Waals surface area contributed by atoms with Gasteiger partial charge in [0.25, 0.3) is 21.5 Å². The van der Waals surface area contributed by atoms with Crippen molar-refractivity contribution in [2.75, 3.05) is 64.3 Å². The van der Waals surface area contributed by atoms with Gasteiger partial charge in [-0.25, -0.2) is 18.2 Å². The number of pyridine rings is 1. The molecule has 0 saturated carbocycles. The number of carbonyl (C=O) groups excluding carboxylic acids is 2. The highest BCUT2D eigenvalue weighted by Gasteiger charge is 2.61. The number of hydrogen-bond acceptors (Lipinski definition) is 10. The maximum Gasteiger partial charge on any atom is 0.411 e. The average molecular weight is 684 g/mol. The monoisotopic (exact) mass is 683 g/mol. The minimum absolute atomic E-state index is 0.0156. The van der Waals surface area contributed by atoms with Crippen molar-refractivity contribution in [3.63, 3.8) is 0 Å². The molecule has 6 rings (SSSR count). The van der Waals surface area contributed by atoms with Crippen LogP contribution in [-0.2, 0) is 25.2 Å². The highest BCUT2D eigenvalue weighted by atomic mass is 35.5. The fourth-order valence-corrected chi connectivity index (χ4v) is 8.41. The Balaban J connectivity index is 1.42. The van der Waals surface area contributed by atoms with Gasteiger partial charge < -0.3 is 24.0 Å². The number of benzene rings is 2. The van der Waals surface area contributed by atoms with E-state index in [1.807, 2.05) is 0 Å². The summed E-state index contributed by atoms with van der Waals surface area (Å²) in [5, 5.41) is 0.211. The average Bonchev–Trinajstić information content (AvgIpc) is 3.33. The Morgan fingerprint density at radius 2 is 1.72 bits per heavy atom. The van der Waals surface area contributed by atoms with Crippen molar-refractivity contribution in [2.45, 2.75) is 36.3 Å². The van der Waals surface area contributed by atoms with Crippen LogP contribution in [0.5, 0.6) is 11.6 Å². The van der Waals surface area contributed by atoms with Gasteiger partial charge in [-0.15, -0.1) is 0 Å². The Morgan fingerprint density at radius 3 is 2.43 bits per heavy atom. The number of amides is 2. The molecule has 2 fully saturated rings. The zero-order valence-electron chi connectivity index (χ0n) is 26.6. The lowest BCUT2D eigenvalue weighted by atomic mass is 9.87. The number of sulfonamides is 1. The third-order valence-electron chi connectivity index (χ3n) is 9.08. The van der Waals surface area contributed by atoms with E-state index in [0.717, 1.165) is 39.0 Å². The smallest absolute Gasteiger partial charge is 0.411 e. The lowest BCUT2D eigenvalue weighted by molar-refractivity contribution is -0.132. The number of anilines is 1. The molecule has 3 aliphatic rings. The van der Waals surface area contributed by atoms with E-state index in [4.69, 9.17) is 25.8 Å². The van der Waals surface area contributed by atoms with Gasteiger partial charge in [0, 0.05) is 62.1 Å². The molecule has 0 aliphatic carbocycles. The Kier molecular flexibility index (Phi) is 9.34. The molecule has 2 saturated heterocycles. The van der Waals surface area contributed by atoms with Crippen molar-refractivity contribution in [3.05, 3.63) is 76.9 Å². The highest BCUT2D eigenvalue weighted by Crippen LogP contribution is 2.52. The number of halogens is 1. The number of para-hydroxylation sites is 1. The first-order valence-electron chi connectivity index (χ1n) is 15.6. The number of hydrogen-bond donors (Lipinski definition) is 0. The van der Waals surface area contributed by atoms with Gasteiger partial charge in [0.15, 0.2) is 0 Å². The molecule has 0 radical (unpaired) electrons. The fourth-order valence-electron chi connectivity index (χ4n) is 6.62. The molecule has 0 spiro atoms. The molecule has 47 heavy (non-hydrogen) atoms. The zero-order chi connectivity index (χ0) is 33.3. The van der Waals surface area contributed by atoms with Crippen LogP contribution in [0.25, 0.3) is 0 Å². The van der Waals surface area contributed by atoms with Crippen LogP contribution in [0, 0.1) is 0 Å². The lowest BCUT2D eigenvalue weighted by Gasteiger charge is -2.42. The fraction of sp³-hybridized carbons (Fsp3) is 0.424. The van der Waals surface area contributed by atoms with Gasteiger partial charge in [0.2, 0.25) is 5.88 Å². The molecule has 4 heterocycles. The first-order valence-corrected chi connectivity index (χ1v) is 17.4. The molecule has 0 bridgehead atoms. The van der Waals surface area contributed by atoms with Crippen LogP contribution in [-0.4, -0.2) is 106 Å². The molecule has 2 amide bonds. The number of nitrogens with zero attached hydrogens (tertiary/aromatic N) is 5. The molecule has 3 aliphatic heterocycles. The number of piperazine rings is 1. The molecule has 2 aromatic carbocycles. The number of aromatic nitrogens is 1. The van der Waals surface area contributed by atoms with E-state index >= 15 is 0 Å². The highest BCUT2D eigenvalue weighted by molar-refractivity contribution is 7.93. The van der Waals surface area contributed by atoms with Crippen LogP contribution in [0.3, 0.4) is 0 Å². The minimum Gasteiger partial charge on any atom is -0.495 e. The summed E-state index contributed by atoms with van der Waals surface area (Å²) in [6.45, 7) is 6.70. The van der Waals surface area contributed by atoms with Gasteiger partial charge >= 0.3 is 6.09 Å². The largest absolute Gasteiger partial charge is 0.495 e. The number of rotatable bonds is 8. The Bertz CT molecular complexity index is 1760. The molecule has 14 heteroatoms. The third-order valence-corrected chi connectivity index (χ3v) is 11.0. The van der Waals surface area contributed by atoms with Crippen molar-refractivity contribution in [1.29, 1.82) is 0 Å². The number of ether oxygens (including phenoxy) is 3. The second-order valence-corrected chi connectivity index (χ2v) is 14.0. The zero-order valence-corrected chi connectivity index (χ0v) is 28.2. The standard InChI is InChI=1S/C33H38ClN5O7S/c1-4-45-30-25(8-7-15-35-30)33(46-32(41)38-16-13-24(14-17-38)37-20-18-36(2)19-21-37)26-22-23(34)11-12-27(26)39(31(33)40)47(42,43)29-10-6-5-9-28(29)44-3/h5-12,15,22,24H,4,13-14,16-21H2,1-3H3.